The molecule has 1 aromatic heterocycles. The maximum absolute atomic E-state index is 10.6. The number of aromatic nitrogens is 2. The van der Waals surface area contributed by atoms with Gasteiger partial charge in [0.05, 0.1) is 6.54 Å². The molecule has 1 aliphatic heterocycles. The lowest BCUT2D eigenvalue weighted by Gasteiger charge is -2.27. The van der Waals surface area contributed by atoms with Crippen molar-refractivity contribution in [2.45, 2.75) is 19.6 Å². The third kappa shape index (κ3) is 3.38. The molecule has 0 amide bonds. The van der Waals surface area contributed by atoms with Crippen LogP contribution in [0.15, 0.2) is 42.7 Å². The molecule has 0 saturated heterocycles. The first-order chi connectivity index (χ1) is 10.2. The van der Waals surface area contributed by atoms with Crippen LogP contribution in [0.1, 0.15) is 17.0 Å². The first-order valence-electron chi connectivity index (χ1n) is 6.93. The van der Waals surface area contributed by atoms with Crippen LogP contribution in [0.4, 0.5) is 0 Å². The number of rotatable bonds is 4. The summed E-state index contributed by atoms with van der Waals surface area (Å²) in [5.41, 5.74) is 2.09. The van der Waals surface area contributed by atoms with Crippen LogP contribution in [0.2, 0.25) is 0 Å². The fraction of sp³-hybridized carbons (Fsp3) is 0.250. The van der Waals surface area contributed by atoms with E-state index in [0.717, 1.165) is 43.6 Å². The largest absolute Gasteiger partial charge is 0.478 e. The van der Waals surface area contributed by atoms with Crippen molar-refractivity contribution < 1.29 is 9.90 Å². The SMILES string of the molecule is O=C(O)C=Cc1cccc(CN2CCn3ccnc3C2)c1. The fourth-order valence-electron chi connectivity index (χ4n) is 2.58. The number of carbonyl (C=O) groups is 1. The summed E-state index contributed by atoms with van der Waals surface area (Å²) < 4.78 is 2.18. The van der Waals surface area contributed by atoms with Crippen molar-refractivity contribution in [3.8, 4) is 0 Å². The van der Waals surface area contributed by atoms with Crippen LogP contribution in [0, 0.1) is 0 Å². The third-order valence-corrected chi connectivity index (χ3v) is 3.60. The van der Waals surface area contributed by atoms with Gasteiger partial charge in [-0.05, 0) is 17.2 Å². The van der Waals surface area contributed by atoms with Gasteiger partial charge in [0.1, 0.15) is 5.82 Å². The molecule has 0 atom stereocenters. The van der Waals surface area contributed by atoms with Gasteiger partial charge in [0.2, 0.25) is 0 Å². The Morgan fingerprint density at radius 1 is 1.38 bits per heavy atom. The molecule has 5 heteroatoms. The summed E-state index contributed by atoms with van der Waals surface area (Å²) in [6.07, 6.45) is 6.64. The van der Waals surface area contributed by atoms with E-state index < -0.39 is 5.97 Å². The van der Waals surface area contributed by atoms with Gasteiger partial charge in [-0.3, -0.25) is 4.90 Å². The quantitative estimate of drug-likeness (QED) is 0.872. The maximum atomic E-state index is 10.6. The van der Waals surface area contributed by atoms with Gasteiger partial charge in [0.15, 0.2) is 0 Å². The van der Waals surface area contributed by atoms with E-state index in [1.54, 1.807) is 6.08 Å². The Morgan fingerprint density at radius 3 is 3.14 bits per heavy atom. The van der Waals surface area contributed by atoms with Gasteiger partial charge in [-0.1, -0.05) is 24.3 Å². The van der Waals surface area contributed by atoms with E-state index in [4.69, 9.17) is 5.11 Å². The minimum Gasteiger partial charge on any atom is -0.478 e. The second-order valence-electron chi connectivity index (χ2n) is 5.16. The standard InChI is InChI=1S/C16H17N3O2/c20-16(21)5-4-13-2-1-3-14(10-13)11-18-8-9-19-7-6-17-15(19)12-18/h1-7,10H,8-9,11-12H2,(H,20,21). The third-order valence-electron chi connectivity index (χ3n) is 3.60. The lowest BCUT2D eigenvalue weighted by atomic mass is 10.1. The molecule has 0 unspecified atom stereocenters. The monoisotopic (exact) mass is 283 g/mol. The molecule has 0 spiro atoms. The number of nitrogens with zero attached hydrogens (tertiary/aromatic N) is 3. The van der Waals surface area contributed by atoms with Gasteiger partial charge in [-0.25, -0.2) is 9.78 Å². The lowest BCUT2D eigenvalue weighted by molar-refractivity contribution is -0.131. The molecule has 2 aromatic rings. The predicted octanol–water partition coefficient (Wildman–Crippen LogP) is 2.00. The minimum atomic E-state index is -0.928. The number of hydrogen-bond donors (Lipinski definition) is 1. The summed E-state index contributed by atoms with van der Waals surface area (Å²) in [5, 5.41) is 8.67. The van der Waals surface area contributed by atoms with Crippen LogP contribution < -0.4 is 0 Å². The van der Waals surface area contributed by atoms with Crippen molar-refractivity contribution >= 4 is 12.0 Å². The van der Waals surface area contributed by atoms with Crippen LogP contribution in [0.3, 0.4) is 0 Å². The molecular formula is C16H17N3O2. The molecule has 0 fully saturated rings. The molecule has 0 aliphatic carbocycles. The van der Waals surface area contributed by atoms with E-state index in [1.807, 2.05) is 30.6 Å². The molecule has 0 radical (unpaired) electrons. The highest BCUT2D eigenvalue weighted by molar-refractivity contribution is 5.85. The van der Waals surface area contributed by atoms with Gasteiger partial charge in [-0.15, -0.1) is 0 Å². The molecule has 1 aliphatic rings. The average molecular weight is 283 g/mol. The lowest BCUT2D eigenvalue weighted by Crippen LogP contribution is -2.33. The Bertz CT molecular complexity index is 676. The van der Waals surface area contributed by atoms with Crippen LogP contribution >= 0.6 is 0 Å². The molecule has 108 valence electrons. The summed E-state index contributed by atoms with van der Waals surface area (Å²) in [5.74, 6) is 0.173. The van der Waals surface area contributed by atoms with Crippen LogP contribution in [0.25, 0.3) is 6.08 Å². The summed E-state index contributed by atoms with van der Waals surface area (Å²) >= 11 is 0. The van der Waals surface area contributed by atoms with E-state index >= 15 is 0 Å². The smallest absolute Gasteiger partial charge is 0.328 e. The van der Waals surface area contributed by atoms with Gasteiger partial charge >= 0.3 is 5.97 Å². The molecular weight excluding hydrogens is 266 g/mol. The zero-order valence-electron chi connectivity index (χ0n) is 11.6. The van der Waals surface area contributed by atoms with Gasteiger partial charge in [0, 0.05) is 38.1 Å². The number of aliphatic carboxylic acids is 1. The highest BCUT2D eigenvalue weighted by Gasteiger charge is 2.16. The van der Waals surface area contributed by atoms with E-state index in [2.05, 4.69) is 20.5 Å². The summed E-state index contributed by atoms with van der Waals surface area (Å²) in [7, 11) is 0. The number of carboxylic acids is 1. The van der Waals surface area contributed by atoms with Crippen LogP contribution in [0.5, 0.6) is 0 Å². The van der Waals surface area contributed by atoms with Crippen molar-refractivity contribution in [2.75, 3.05) is 6.54 Å². The zero-order chi connectivity index (χ0) is 14.7. The maximum Gasteiger partial charge on any atom is 0.328 e. The van der Waals surface area contributed by atoms with E-state index in [-0.39, 0.29) is 0 Å². The first kappa shape index (κ1) is 13.6. The van der Waals surface area contributed by atoms with Crippen molar-refractivity contribution in [1.29, 1.82) is 0 Å². The Kier molecular flexibility index (Phi) is 3.83. The first-order valence-corrected chi connectivity index (χ1v) is 6.93. The van der Waals surface area contributed by atoms with Crippen molar-refractivity contribution in [2.24, 2.45) is 0 Å². The van der Waals surface area contributed by atoms with Crippen molar-refractivity contribution in [1.82, 2.24) is 14.5 Å². The molecule has 3 rings (SSSR count). The van der Waals surface area contributed by atoms with Gasteiger partial charge < -0.3 is 9.67 Å². The molecule has 21 heavy (non-hydrogen) atoms. The predicted molar refractivity (Wildman–Crippen MR) is 79.5 cm³/mol. The Morgan fingerprint density at radius 2 is 2.29 bits per heavy atom. The second-order valence-corrected chi connectivity index (χ2v) is 5.16. The minimum absolute atomic E-state index is 0.849. The van der Waals surface area contributed by atoms with Gasteiger partial charge in [0.25, 0.3) is 0 Å². The van der Waals surface area contributed by atoms with E-state index in [1.165, 1.54) is 5.56 Å². The number of carboxylic acid groups (broad SMARTS) is 1. The summed E-state index contributed by atoms with van der Waals surface area (Å²) in [4.78, 5) is 17.3. The number of imidazole rings is 1. The number of benzene rings is 1. The highest BCUT2D eigenvalue weighted by Crippen LogP contribution is 2.15. The topological polar surface area (TPSA) is 58.4 Å². The average Bonchev–Trinajstić information content (AvgIpc) is 2.93. The van der Waals surface area contributed by atoms with E-state index in [0.29, 0.717) is 0 Å². The molecule has 1 aromatic carbocycles. The number of fused-ring (bicyclic) bond motifs is 1. The Balaban J connectivity index is 1.68. The number of hydrogen-bond acceptors (Lipinski definition) is 3. The molecule has 1 N–H and O–H groups in total. The highest BCUT2D eigenvalue weighted by atomic mass is 16.4. The van der Waals surface area contributed by atoms with Crippen molar-refractivity contribution in [3.63, 3.8) is 0 Å². The summed E-state index contributed by atoms with van der Waals surface area (Å²) in [6, 6.07) is 7.97. The molecule has 0 bridgehead atoms. The van der Waals surface area contributed by atoms with Crippen LogP contribution in [-0.2, 0) is 24.4 Å². The summed E-state index contributed by atoms with van der Waals surface area (Å²) in [6.45, 7) is 3.66. The Labute approximate surface area is 123 Å². The second kappa shape index (κ2) is 5.93. The molecule has 5 nitrogen and oxygen atoms in total. The fourth-order valence-corrected chi connectivity index (χ4v) is 2.58. The van der Waals surface area contributed by atoms with Crippen LogP contribution in [-0.4, -0.2) is 32.1 Å². The molecule has 0 saturated carbocycles. The van der Waals surface area contributed by atoms with Crippen molar-refractivity contribution in [3.05, 3.63) is 59.7 Å². The normalized spacial score (nSPS) is 15.2. The zero-order valence-corrected chi connectivity index (χ0v) is 11.6. The van der Waals surface area contributed by atoms with E-state index in [9.17, 15) is 4.79 Å². The molecule has 2 heterocycles. The van der Waals surface area contributed by atoms with Gasteiger partial charge in [-0.2, -0.15) is 0 Å². The Hall–Kier alpha value is -2.40.